The second-order valence-electron chi connectivity index (χ2n) is 3.73. The molecule has 2 atom stereocenters. The van der Waals surface area contributed by atoms with E-state index in [9.17, 15) is 0 Å². The molecule has 0 fully saturated rings. The van der Waals surface area contributed by atoms with Gasteiger partial charge in [-0.05, 0) is 24.5 Å². The molecule has 13 heavy (non-hydrogen) atoms. The summed E-state index contributed by atoms with van der Waals surface area (Å²) in [6.45, 7) is 5.49. The molecule has 1 heteroatoms. The Morgan fingerprint density at radius 3 is 2.92 bits per heavy atom. The SMILES string of the molecule is CNCC(C)C1=CC=CC(C)C=C1. The summed E-state index contributed by atoms with van der Waals surface area (Å²) in [6, 6.07) is 0. The number of nitrogens with one attached hydrogen (secondary N) is 1. The van der Waals surface area contributed by atoms with Crippen molar-refractivity contribution in [3.05, 3.63) is 36.0 Å². The van der Waals surface area contributed by atoms with Gasteiger partial charge in [0.05, 0.1) is 0 Å². The second-order valence-corrected chi connectivity index (χ2v) is 3.73. The molecule has 1 aliphatic carbocycles. The fraction of sp³-hybridized carbons (Fsp3) is 0.500. The molecule has 1 nitrogen and oxygen atoms in total. The highest BCUT2D eigenvalue weighted by Crippen LogP contribution is 2.16. The van der Waals surface area contributed by atoms with Crippen molar-refractivity contribution >= 4 is 0 Å². The molecular weight excluding hydrogens is 158 g/mol. The van der Waals surface area contributed by atoms with Gasteiger partial charge in [0, 0.05) is 6.54 Å². The Hall–Kier alpha value is -0.820. The van der Waals surface area contributed by atoms with Crippen LogP contribution in [-0.4, -0.2) is 13.6 Å². The van der Waals surface area contributed by atoms with Gasteiger partial charge in [-0.1, -0.05) is 44.2 Å². The third kappa shape index (κ3) is 3.19. The molecule has 0 aromatic rings. The zero-order chi connectivity index (χ0) is 9.68. The molecule has 1 aliphatic rings. The lowest BCUT2D eigenvalue weighted by Crippen LogP contribution is -2.17. The van der Waals surface area contributed by atoms with Crippen LogP contribution in [0.1, 0.15) is 13.8 Å². The van der Waals surface area contributed by atoms with Crippen molar-refractivity contribution < 1.29 is 0 Å². The van der Waals surface area contributed by atoms with Crippen molar-refractivity contribution in [3.8, 4) is 0 Å². The quantitative estimate of drug-likeness (QED) is 0.698. The first-order chi connectivity index (χ1) is 6.24. The van der Waals surface area contributed by atoms with Gasteiger partial charge in [-0.2, -0.15) is 0 Å². The van der Waals surface area contributed by atoms with Crippen LogP contribution >= 0.6 is 0 Å². The maximum atomic E-state index is 3.20. The summed E-state index contributed by atoms with van der Waals surface area (Å²) in [5, 5.41) is 3.20. The first-order valence-electron chi connectivity index (χ1n) is 4.95. The van der Waals surface area contributed by atoms with E-state index in [0.29, 0.717) is 11.8 Å². The molecule has 0 bridgehead atoms. The first kappa shape index (κ1) is 10.3. The van der Waals surface area contributed by atoms with Gasteiger partial charge in [0.15, 0.2) is 0 Å². The number of allylic oxidation sites excluding steroid dienone is 5. The molecule has 0 radical (unpaired) electrons. The monoisotopic (exact) mass is 177 g/mol. The smallest absolute Gasteiger partial charge is 0.00144 e. The highest BCUT2D eigenvalue weighted by molar-refractivity contribution is 5.30. The molecule has 0 spiro atoms. The molecule has 0 amide bonds. The topological polar surface area (TPSA) is 12.0 Å². The maximum absolute atomic E-state index is 3.20. The molecule has 0 saturated heterocycles. The Bertz CT molecular complexity index is 236. The van der Waals surface area contributed by atoms with Gasteiger partial charge in [0.1, 0.15) is 0 Å². The summed E-state index contributed by atoms with van der Waals surface area (Å²) < 4.78 is 0. The maximum Gasteiger partial charge on any atom is 0.00144 e. The second kappa shape index (κ2) is 5.03. The Balaban J connectivity index is 2.64. The predicted molar refractivity (Wildman–Crippen MR) is 58.6 cm³/mol. The Morgan fingerprint density at radius 2 is 2.23 bits per heavy atom. The van der Waals surface area contributed by atoms with Crippen LogP contribution in [0.15, 0.2) is 36.0 Å². The summed E-state index contributed by atoms with van der Waals surface area (Å²) in [5.41, 5.74) is 1.41. The molecule has 0 aromatic heterocycles. The molecule has 0 aromatic carbocycles. The molecule has 1 rings (SSSR count). The standard InChI is InChI=1S/C12H19N/c1-10-5-4-6-12(8-7-10)11(2)9-13-3/h4-8,10-11,13H,9H2,1-3H3. The number of hydrogen-bond acceptors (Lipinski definition) is 1. The average Bonchev–Trinajstić information content (AvgIpc) is 2.30. The lowest BCUT2D eigenvalue weighted by Gasteiger charge is -2.11. The molecule has 2 unspecified atom stereocenters. The Morgan fingerprint density at radius 1 is 1.46 bits per heavy atom. The van der Waals surface area contributed by atoms with Crippen LogP contribution in [-0.2, 0) is 0 Å². The summed E-state index contributed by atoms with van der Waals surface area (Å²) >= 11 is 0. The van der Waals surface area contributed by atoms with Crippen LogP contribution in [0.5, 0.6) is 0 Å². The van der Waals surface area contributed by atoms with E-state index >= 15 is 0 Å². The average molecular weight is 177 g/mol. The molecule has 0 heterocycles. The highest BCUT2D eigenvalue weighted by atomic mass is 14.8. The van der Waals surface area contributed by atoms with Gasteiger partial charge < -0.3 is 5.32 Å². The lowest BCUT2D eigenvalue weighted by atomic mass is 10.0. The largest absolute Gasteiger partial charge is 0.319 e. The zero-order valence-corrected chi connectivity index (χ0v) is 8.75. The minimum absolute atomic E-state index is 0.565. The van der Waals surface area contributed by atoms with Gasteiger partial charge in [0.25, 0.3) is 0 Å². The van der Waals surface area contributed by atoms with Crippen molar-refractivity contribution in [1.29, 1.82) is 0 Å². The fourth-order valence-corrected chi connectivity index (χ4v) is 1.48. The summed E-state index contributed by atoms with van der Waals surface area (Å²) in [5.74, 6) is 1.16. The van der Waals surface area contributed by atoms with E-state index in [1.807, 2.05) is 7.05 Å². The predicted octanol–water partition coefficient (Wildman–Crippen LogP) is 2.53. The van der Waals surface area contributed by atoms with E-state index in [0.717, 1.165) is 6.54 Å². The van der Waals surface area contributed by atoms with Crippen LogP contribution in [0.3, 0.4) is 0 Å². The van der Waals surface area contributed by atoms with Crippen molar-refractivity contribution in [2.75, 3.05) is 13.6 Å². The van der Waals surface area contributed by atoms with Crippen molar-refractivity contribution in [1.82, 2.24) is 5.32 Å². The summed E-state index contributed by atoms with van der Waals surface area (Å²) in [7, 11) is 2.00. The van der Waals surface area contributed by atoms with Gasteiger partial charge in [-0.3, -0.25) is 0 Å². The number of rotatable bonds is 3. The van der Waals surface area contributed by atoms with Gasteiger partial charge in [-0.25, -0.2) is 0 Å². The van der Waals surface area contributed by atoms with Gasteiger partial charge in [0.2, 0.25) is 0 Å². The van der Waals surface area contributed by atoms with Crippen LogP contribution in [0.4, 0.5) is 0 Å². The van der Waals surface area contributed by atoms with E-state index in [1.54, 1.807) is 0 Å². The van der Waals surface area contributed by atoms with Gasteiger partial charge in [-0.15, -0.1) is 0 Å². The third-order valence-corrected chi connectivity index (χ3v) is 2.37. The molecular formula is C12H19N. The van der Waals surface area contributed by atoms with E-state index in [4.69, 9.17) is 0 Å². The van der Waals surface area contributed by atoms with Crippen LogP contribution in [0, 0.1) is 11.8 Å². The molecule has 0 aliphatic heterocycles. The molecule has 0 saturated carbocycles. The lowest BCUT2D eigenvalue weighted by molar-refractivity contribution is 0.629. The Labute approximate surface area is 81.2 Å². The van der Waals surface area contributed by atoms with Gasteiger partial charge >= 0.3 is 0 Å². The third-order valence-electron chi connectivity index (χ3n) is 2.37. The van der Waals surface area contributed by atoms with E-state index in [1.165, 1.54) is 5.57 Å². The number of hydrogen-bond donors (Lipinski definition) is 1. The normalized spacial score (nSPS) is 23.9. The van der Waals surface area contributed by atoms with Crippen molar-refractivity contribution in [2.24, 2.45) is 11.8 Å². The van der Waals surface area contributed by atoms with Crippen molar-refractivity contribution in [3.63, 3.8) is 0 Å². The zero-order valence-electron chi connectivity index (χ0n) is 8.75. The summed E-state index contributed by atoms with van der Waals surface area (Å²) in [4.78, 5) is 0. The summed E-state index contributed by atoms with van der Waals surface area (Å²) in [6.07, 6.45) is 11.1. The first-order valence-corrected chi connectivity index (χ1v) is 4.95. The van der Waals surface area contributed by atoms with Crippen LogP contribution in [0.2, 0.25) is 0 Å². The van der Waals surface area contributed by atoms with E-state index < -0.39 is 0 Å². The van der Waals surface area contributed by atoms with E-state index in [-0.39, 0.29) is 0 Å². The van der Waals surface area contributed by atoms with Crippen LogP contribution in [0.25, 0.3) is 0 Å². The fourth-order valence-electron chi connectivity index (χ4n) is 1.48. The Kier molecular flexibility index (Phi) is 3.97. The molecule has 1 N–H and O–H groups in total. The minimum atomic E-state index is 0.565. The van der Waals surface area contributed by atoms with Crippen LogP contribution < -0.4 is 5.32 Å². The van der Waals surface area contributed by atoms with E-state index in [2.05, 4.69) is 49.5 Å². The molecule has 72 valence electrons. The highest BCUT2D eigenvalue weighted by Gasteiger charge is 2.05. The minimum Gasteiger partial charge on any atom is -0.319 e. The van der Waals surface area contributed by atoms with Crippen molar-refractivity contribution in [2.45, 2.75) is 13.8 Å².